The van der Waals surface area contributed by atoms with Gasteiger partial charge in [-0.05, 0) is 13.3 Å². The SMILES string of the molecule is C=CC[C@@]1(C)CNCCN1. The molecule has 0 spiro atoms. The summed E-state index contributed by atoms with van der Waals surface area (Å²) in [5.74, 6) is 0. The van der Waals surface area contributed by atoms with Gasteiger partial charge in [-0.3, -0.25) is 0 Å². The van der Waals surface area contributed by atoms with Gasteiger partial charge in [0.05, 0.1) is 0 Å². The van der Waals surface area contributed by atoms with Crippen LogP contribution in [0.5, 0.6) is 0 Å². The second kappa shape index (κ2) is 3.17. The summed E-state index contributed by atoms with van der Waals surface area (Å²) in [6, 6.07) is 0. The molecule has 0 aliphatic carbocycles. The Hall–Kier alpha value is -0.340. The zero-order valence-corrected chi connectivity index (χ0v) is 6.61. The standard InChI is InChI=1S/C8H16N2/c1-3-4-8(2)7-9-5-6-10-8/h3,9-10H,1,4-7H2,2H3/t8-/m0/s1. The van der Waals surface area contributed by atoms with E-state index in [-0.39, 0.29) is 5.54 Å². The fourth-order valence-corrected chi connectivity index (χ4v) is 1.34. The van der Waals surface area contributed by atoms with Gasteiger partial charge in [-0.15, -0.1) is 6.58 Å². The topological polar surface area (TPSA) is 24.1 Å². The first-order chi connectivity index (χ1) is 4.77. The van der Waals surface area contributed by atoms with Crippen molar-refractivity contribution < 1.29 is 0 Å². The van der Waals surface area contributed by atoms with Crippen molar-refractivity contribution in [2.75, 3.05) is 19.6 Å². The Morgan fingerprint density at radius 1 is 1.60 bits per heavy atom. The van der Waals surface area contributed by atoms with E-state index in [9.17, 15) is 0 Å². The summed E-state index contributed by atoms with van der Waals surface area (Å²) in [5, 5.41) is 6.81. The number of rotatable bonds is 2. The maximum Gasteiger partial charge on any atom is 0.0312 e. The molecule has 2 N–H and O–H groups in total. The van der Waals surface area contributed by atoms with Gasteiger partial charge >= 0.3 is 0 Å². The Kier molecular flexibility index (Phi) is 2.46. The predicted molar refractivity (Wildman–Crippen MR) is 44.1 cm³/mol. The number of piperazine rings is 1. The molecule has 2 nitrogen and oxygen atoms in total. The summed E-state index contributed by atoms with van der Waals surface area (Å²) >= 11 is 0. The lowest BCUT2D eigenvalue weighted by molar-refractivity contribution is 0.299. The average molecular weight is 140 g/mol. The summed E-state index contributed by atoms with van der Waals surface area (Å²) < 4.78 is 0. The second-order valence-electron chi connectivity index (χ2n) is 3.16. The van der Waals surface area contributed by atoms with Crippen molar-refractivity contribution in [1.82, 2.24) is 10.6 Å². The van der Waals surface area contributed by atoms with Gasteiger partial charge in [-0.25, -0.2) is 0 Å². The Morgan fingerprint density at radius 3 is 2.90 bits per heavy atom. The first-order valence-electron chi connectivity index (χ1n) is 3.83. The third kappa shape index (κ3) is 1.82. The summed E-state index contributed by atoms with van der Waals surface area (Å²) in [5.41, 5.74) is 0.250. The molecule has 0 aromatic carbocycles. The molecule has 1 fully saturated rings. The number of nitrogens with one attached hydrogen (secondary N) is 2. The van der Waals surface area contributed by atoms with E-state index in [0.717, 1.165) is 26.1 Å². The molecule has 2 heteroatoms. The van der Waals surface area contributed by atoms with Gasteiger partial charge in [0.2, 0.25) is 0 Å². The lowest BCUT2D eigenvalue weighted by Crippen LogP contribution is -2.56. The van der Waals surface area contributed by atoms with Crippen LogP contribution in [0.1, 0.15) is 13.3 Å². The van der Waals surface area contributed by atoms with E-state index >= 15 is 0 Å². The van der Waals surface area contributed by atoms with Crippen LogP contribution in [-0.2, 0) is 0 Å². The highest BCUT2D eigenvalue weighted by Gasteiger charge is 2.23. The molecular weight excluding hydrogens is 124 g/mol. The van der Waals surface area contributed by atoms with E-state index in [1.54, 1.807) is 0 Å². The zero-order valence-electron chi connectivity index (χ0n) is 6.61. The maximum absolute atomic E-state index is 3.73. The molecular formula is C8H16N2. The van der Waals surface area contributed by atoms with Crippen LogP contribution < -0.4 is 10.6 Å². The maximum atomic E-state index is 3.73. The van der Waals surface area contributed by atoms with Crippen molar-refractivity contribution in [1.29, 1.82) is 0 Å². The van der Waals surface area contributed by atoms with Crippen LogP contribution in [0.3, 0.4) is 0 Å². The van der Waals surface area contributed by atoms with Crippen molar-refractivity contribution in [2.24, 2.45) is 0 Å². The van der Waals surface area contributed by atoms with Crippen LogP contribution in [0, 0.1) is 0 Å². The molecule has 1 atom stereocenters. The third-order valence-corrected chi connectivity index (χ3v) is 1.96. The van der Waals surface area contributed by atoms with E-state index in [0.29, 0.717) is 0 Å². The smallest absolute Gasteiger partial charge is 0.0312 e. The van der Waals surface area contributed by atoms with Crippen LogP contribution in [-0.4, -0.2) is 25.2 Å². The van der Waals surface area contributed by atoms with E-state index in [4.69, 9.17) is 0 Å². The van der Waals surface area contributed by atoms with Gasteiger partial charge in [-0.1, -0.05) is 6.08 Å². The zero-order chi connectivity index (χ0) is 7.45. The van der Waals surface area contributed by atoms with E-state index in [1.165, 1.54) is 0 Å². The quantitative estimate of drug-likeness (QED) is 0.546. The Balaban J connectivity index is 2.39. The van der Waals surface area contributed by atoms with Gasteiger partial charge < -0.3 is 10.6 Å². The largest absolute Gasteiger partial charge is 0.314 e. The Labute approximate surface area is 62.7 Å². The highest BCUT2D eigenvalue weighted by molar-refractivity contribution is 4.94. The van der Waals surface area contributed by atoms with Crippen LogP contribution >= 0.6 is 0 Å². The highest BCUT2D eigenvalue weighted by Crippen LogP contribution is 2.09. The molecule has 0 bridgehead atoms. The average Bonchev–Trinajstić information content (AvgIpc) is 1.89. The first-order valence-corrected chi connectivity index (χ1v) is 3.83. The third-order valence-electron chi connectivity index (χ3n) is 1.96. The molecule has 0 unspecified atom stereocenters. The minimum atomic E-state index is 0.250. The summed E-state index contributed by atoms with van der Waals surface area (Å²) in [6.45, 7) is 9.17. The molecule has 0 amide bonds. The molecule has 1 rings (SSSR count). The van der Waals surface area contributed by atoms with Gasteiger partial charge in [0.1, 0.15) is 0 Å². The van der Waals surface area contributed by atoms with E-state index in [1.807, 2.05) is 6.08 Å². The van der Waals surface area contributed by atoms with Crippen molar-refractivity contribution in [3.05, 3.63) is 12.7 Å². The lowest BCUT2D eigenvalue weighted by atomic mass is 9.96. The number of hydrogen-bond donors (Lipinski definition) is 2. The summed E-state index contributed by atoms with van der Waals surface area (Å²) in [6.07, 6.45) is 3.01. The molecule has 1 saturated heterocycles. The normalized spacial score (nSPS) is 33.7. The van der Waals surface area contributed by atoms with Gasteiger partial charge in [-0.2, -0.15) is 0 Å². The second-order valence-corrected chi connectivity index (χ2v) is 3.16. The van der Waals surface area contributed by atoms with Crippen molar-refractivity contribution in [3.8, 4) is 0 Å². The minimum absolute atomic E-state index is 0.250. The van der Waals surface area contributed by atoms with Crippen LogP contribution in [0.15, 0.2) is 12.7 Å². The Morgan fingerprint density at radius 2 is 2.40 bits per heavy atom. The molecule has 0 aromatic heterocycles. The summed E-state index contributed by atoms with van der Waals surface area (Å²) in [4.78, 5) is 0. The van der Waals surface area contributed by atoms with E-state index < -0.39 is 0 Å². The van der Waals surface area contributed by atoms with Crippen LogP contribution in [0.2, 0.25) is 0 Å². The highest BCUT2D eigenvalue weighted by atomic mass is 15.1. The van der Waals surface area contributed by atoms with Crippen molar-refractivity contribution in [2.45, 2.75) is 18.9 Å². The molecule has 0 radical (unpaired) electrons. The van der Waals surface area contributed by atoms with E-state index in [2.05, 4.69) is 24.1 Å². The van der Waals surface area contributed by atoms with Crippen LogP contribution in [0.4, 0.5) is 0 Å². The molecule has 10 heavy (non-hydrogen) atoms. The fraction of sp³-hybridized carbons (Fsp3) is 0.750. The minimum Gasteiger partial charge on any atom is -0.314 e. The van der Waals surface area contributed by atoms with Crippen molar-refractivity contribution in [3.63, 3.8) is 0 Å². The van der Waals surface area contributed by atoms with Gasteiger partial charge in [0.15, 0.2) is 0 Å². The predicted octanol–water partition coefficient (Wildman–Crippen LogP) is 0.514. The van der Waals surface area contributed by atoms with Crippen molar-refractivity contribution >= 4 is 0 Å². The summed E-state index contributed by atoms with van der Waals surface area (Å²) in [7, 11) is 0. The molecule has 58 valence electrons. The lowest BCUT2D eigenvalue weighted by Gasteiger charge is -2.34. The molecule has 1 aliphatic heterocycles. The van der Waals surface area contributed by atoms with Gasteiger partial charge in [0, 0.05) is 25.2 Å². The van der Waals surface area contributed by atoms with Crippen LogP contribution in [0.25, 0.3) is 0 Å². The Bertz CT molecular complexity index is 114. The molecule has 1 heterocycles. The first kappa shape index (κ1) is 7.76. The number of hydrogen-bond acceptors (Lipinski definition) is 2. The molecule has 0 saturated carbocycles. The monoisotopic (exact) mass is 140 g/mol. The molecule has 0 aromatic rings. The fourth-order valence-electron chi connectivity index (χ4n) is 1.34. The van der Waals surface area contributed by atoms with Gasteiger partial charge in [0.25, 0.3) is 0 Å². The molecule has 1 aliphatic rings.